The van der Waals surface area contributed by atoms with Gasteiger partial charge in [-0.15, -0.1) is 0 Å². The normalized spacial score (nSPS) is 13.3. The van der Waals surface area contributed by atoms with E-state index in [9.17, 15) is 0 Å². The molecule has 0 fully saturated rings. The highest BCUT2D eigenvalue weighted by atomic mass is 15.0. The van der Waals surface area contributed by atoms with Crippen LogP contribution in [0.2, 0.25) is 0 Å². The fraction of sp³-hybridized carbons (Fsp3) is 0.250. The fourth-order valence-electron chi connectivity index (χ4n) is 22.6. The van der Waals surface area contributed by atoms with Crippen LogP contribution >= 0.6 is 0 Å². The molecule has 0 bridgehead atoms. The Kier molecular flexibility index (Phi) is 14.4. The Morgan fingerprint density at radius 1 is 0.202 bits per heavy atom. The molecule has 0 aliphatic heterocycles. The van der Waals surface area contributed by atoms with Crippen LogP contribution < -0.4 is 0 Å². The number of nitrogens with zero attached hydrogens (tertiary/aromatic N) is 2. The number of aryl methyl sites for hydroxylation is 12. The standard InChI is InChI=1S/C112H102N2/c1-55-37-59(5)89(60(6)38-55)97-85-51-84-86(52-83(85)95-79-35-27-31-75-73-29-25-33-77-81(67-45-69(109(13,14)15)49-70(46-67)110(16,17)18)53-87-99(91(73)77)103(93(75)79)107(101(95)97)113(87)105-63(9)41-57(3)42-64(105)10)98(90-61(7)39-56(2)40-62(90)8)102-96(84)80-36-28-32-76-74-30-26-34-78-82(68-47-71(111(19,20)21)50-72(48-68)112(22,23)24)54-88-100(92(74)78)104(94(76)80)108(102)114(88)106-65(11)43-58(4)44-66(106)12/h25-54H,1-24H3. The molecule has 0 radical (unpaired) electrons. The molecule has 2 nitrogen and oxygen atoms in total. The lowest BCUT2D eigenvalue weighted by Crippen LogP contribution is -2.16. The van der Waals surface area contributed by atoms with E-state index in [-0.39, 0.29) is 21.7 Å². The molecule has 0 saturated heterocycles. The van der Waals surface area contributed by atoms with Crippen molar-refractivity contribution < 1.29 is 0 Å². The van der Waals surface area contributed by atoms with Crippen LogP contribution in [0.5, 0.6) is 0 Å². The number of hydrogen-bond acceptors (Lipinski definition) is 0. The van der Waals surface area contributed by atoms with E-state index in [0.717, 1.165) is 0 Å². The lowest BCUT2D eigenvalue weighted by atomic mass is 9.78. The summed E-state index contributed by atoms with van der Waals surface area (Å²) < 4.78 is 5.61. The monoisotopic (exact) mass is 1470 g/mol. The summed E-state index contributed by atoms with van der Waals surface area (Å²) in [5, 5.41) is 31.6. The van der Waals surface area contributed by atoms with Gasteiger partial charge in [-0.2, -0.15) is 0 Å². The van der Waals surface area contributed by atoms with Gasteiger partial charge in [0.1, 0.15) is 0 Å². The van der Waals surface area contributed by atoms with Crippen LogP contribution in [0, 0.1) is 83.1 Å². The Bertz CT molecular complexity index is 7220. The van der Waals surface area contributed by atoms with Gasteiger partial charge in [0.15, 0.2) is 0 Å². The summed E-state index contributed by atoms with van der Waals surface area (Å²) in [5.74, 6) is 0. The average molecular weight is 1480 g/mol. The first kappa shape index (κ1) is 70.5. The molecular weight excluding hydrogens is 1370 g/mol. The Balaban J connectivity index is 1.03. The second kappa shape index (κ2) is 23.2. The highest BCUT2D eigenvalue weighted by Gasteiger charge is 2.37. The van der Waals surface area contributed by atoms with Gasteiger partial charge in [0.05, 0.1) is 33.4 Å². The van der Waals surface area contributed by atoms with Crippen molar-refractivity contribution in [3.8, 4) is 55.9 Å². The topological polar surface area (TPSA) is 9.86 Å². The second-order valence-electron chi connectivity index (χ2n) is 39.5. The molecule has 0 amide bonds. The molecule has 0 spiro atoms. The Morgan fingerprint density at radius 3 is 0.746 bits per heavy atom. The summed E-state index contributed by atoms with van der Waals surface area (Å²) in [6.45, 7) is 56.7. The van der Waals surface area contributed by atoms with Gasteiger partial charge in [-0.1, -0.05) is 263 Å². The first-order chi connectivity index (χ1) is 54.0. The van der Waals surface area contributed by atoms with E-state index in [1.165, 1.54) is 296 Å². The number of fused-ring (bicyclic) bond motifs is 12. The van der Waals surface area contributed by atoms with Gasteiger partial charge in [0.2, 0.25) is 0 Å². The largest absolute Gasteiger partial charge is 0.308 e. The zero-order valence-corrected chi connectivity index (χ0v) is 71.2. The molecule has 560 valence electrons. The van der Waals surface area contributed by atoms with Gasteiger partial charge in [0.25, 0.3) is 0 Å². The smallest absolute Gasteiger partial charge is 0.0633 e. The highest BCUT2D eigenvalue weighted by Crippen LogP contribution is 2.62. The van der Waals surface area contributed by atoms with Crippen molar-refractivity contribution in [2.24, 2.45) is 0 Å². The SMILES string of the molecule is Cc1cc(C)c(-c2c3cc4c(cc3c3c5cccc6c7cccc8c(-c9cc(C(C)(C)C)cc(C(C)(C)C)c9)cc9c(c87)c(c65)c(c23)n9-c2c(C)cc(C)cc2C)c(-c2c(C)cc(C)cc2C)c2c4c3cccc4c5cccc6c(-c7cc(C(C)(C)C)cc(C(C)(C)C)c7)cc7c(c65)c(c43)c2n7-c2c(C)cc(C)cc2C)c(C)c1. The molecule has 2 heteroatoms. The van der Waals surface area contributed by atoms with Crippen LogP contribution in [-0.4, -0.2) is 9.13 Å². The summed E-state index contributed by atoms with van der Waals surface area (Å²) in [4.78, 5) is 0. The number of benzene rings is 17. The van der Waals surface area contributed by atoms with Crippen LogP contribution in [0.25, 0.3) is 207 Å². The molecule has 0 unspecified atom stereocenters. The fourth-order valence-corrected chi connectivity index (χ4v) is 22.6. The minimum absolute atomic E-state index is 0.0777. The molecule has 114 heavy (non-hydrogen) atoms. The lowest BCUT2D eigenvalue weighted by Gasteiger charge is -2.27. The number of rotatable bonds is 6. The van der Waals surface area contributed by atoms with E-state index in [2.05, 4.69) is 357 Å². The molecule has 0 aliphatic carbocycles. The molecule has 2 heterocycles. The predicted molar refractivity (Wildman–Crippen MR) is 499 cm³/mol. The van der Waals surface area contributed by atoms with Crippen molar-refractivity contribution >= 4 is 151 Å². The minimum Gasteiger partial charge on any atom is -0.308 e. The maximum atomic E-state index is 2.81. The van der Waals surface area contributed by atoms with Gasteiger partial charge in [-0.3, -0.25) is 0 Å². The second-order valence-corrected chi connectivity index (χ2v) is 39.5. The zero-order valence-electron chi connectivity index (χ0n) is 71.2. The molecule has 0 saturated carbocycles. The summed E-state index contributed by atoms with van der Waals surface area (Å²) in [5.41, 5.74) is 38.4. The van der Waals surface area contributed by atoms with Gasteiger partial charge in [-0.25, -0.2) is 0 Å². The quantitative estimate of drug-likeness (QED) is 0.116. The summed E-state index contributed by atoms with van der Waals surface area (Å²) in [7, 11) is 0. The van der Waals surface area contributed by atoms with Crippen LogP contribution in [0.1, 0.15) is 172 Å². The third-order valence-electron chi connectivity index (χ3n) is 27.2. The third kappa shape index (κ3) is 9.49. The highest BCUT2D eigenvalue weighted by molar-refractivity contribution is 6.53. The van der Waals surface area contributed by atoms with Crippen LogP contribution in [-0.2, 0) is 21.7 Å². The van der Waals surface area contributed by atoms with E-state index in [4.69, 9.17) is 0 Å². The molecule has 2 aromatic heterocycles. The zero-order chi connectivity index (χ0) is 79.5. The van der Waals surface area contributed by atoms with E-state index in [0.29, 0.717) is 0 Å². The summed E-state index contributed by atoms with van der Waals surface area (Å²) in [6, 6.07) is 74.6. The van der Waals surface area contributed by atoms with Crippen molar-refractivity contribution in [1.82, 2.24) is 9.13 Å². The molecule has 21 aromatic rings. The summed E-state index contributed by atoms with van der Waals surface area (Å²) in [6.07, 6.45) is 0. The van der Waals surface area contributed by atoms with Crippen molar-refractivity contribution in [2.45, 2.75) is 188 Å². The summed E-state index contributed by atoms with van der Waals surface area (Å²) >= 11 is 0. The first-order valence-corrected chi connectivity index (χ1v) is 41.7. The maximum absolute atomic E-state index is 2.81. The molecule has 21 rings (SSSR count). The van der Waals surface area contributed by atoms with Crippen LogP contribution in [0.15, 0.2) is 182 Å². The number of aromatic nitrogens is 2. The van der Waals surface area contributed by atoms with Crippen molar-refractivity contribution in [3.05, 3.63) is 271 Å². The van der Waals surface area contributed by atoms with Crippen molar-refractivity contribution in [2.75, 3.05) is 0 Å². The van der Waals surface area contributed by atoms with Gasteiger partial charge >= 0.3 is 0 Å². The maximum Gasteiger partial charge on any atom is 0.0633 e. The van der Waals surface area contributed by atoms with Gasteiger partial charge in [0, 0.05) is 75.8 Å². The lowest BCUT2D eigenvalue weighted by molar-refractivity contribution is 0.568. The van der Waals surface area contributed by atoms with Crippen LogP contribution in [0.4, 0.5) is 0 Å². The molecule has 0 atom stereocenters. The van der Waals surface area contributed by atoms with E-state index < -0.39 is 0 Å². The molecule has 0 N–H and O–H groups in total. The number of hydrogen-bond donors (Lipinski definition) is 0. The molecule has 19 aromatic carbocycles. The molecular formula is C112H102N2. The predicted octanol–water partition coefficient (Wildman–Crippen LogP) is 32.2. The van der Waals surface area contributed by atoms with E-state index in [1.807, 2.05) is 0 Å². The van der Waals surface area contributed by atoms with Gasteiger partial charge < -0.3 is 9.13 Å². The van der Waals surface area contributed by atoms with Crippen LogP contribution in [0.3, 0.4) is 0 Å². The Hall–Kier alpha value is -11.3. The van der Waals surface area contributed by atoms with Crippen molar-refractivity contribution in [1.29, 1.82) is 0 Å². The minimum atomic E-state index is -0.0777. The van der Waals surface area contributed by atoms with Gasteiger partial charge in [-0.05, 0) is 294 Å². The van der Waals surface area contributed by atoms with E-state index in [1.54, 1.807) is 0 Å². The average Bonchev–Trinajstić information content (AvgIpc) is 1.49. The molecule has 0 aliphatic rings. The van der Waals surface area contributed by atoms with E-state index >= 15 is 0 Å². The first-order valence-electron chi connectivity index (χ1n) is 41.7. The third-order valence-corrected chi connectivity index (χ3v) is 27.2. The van der Waals surface area contributed by atoms with Crippen molar-refractivity contribution in [3.63, 3.8) is 0 Å². The Morgan fingerprint density at radius 2 is 0.456 bits per heavy atom. The Labute approximate surface area is 670 Å².